The molecule has 1 aliphatic heterocycles. The number of aliphatic imine (C=N–C) groups is 1. The summed E-state index contributed by atoms with van der Waals surface area (Å²) in [5, 5.41) is 2.64. The van der Waals surface area contributed by atoms with Crippen molar-refractivity contribution in [3.8, 4) is 0 Å². The molecule has 12 heavy (non-hydrogen) atoms. The Labute approximate surface area is 72.6 Å². The standard InChI is InChI=1S/C9H14N2O/c1-6-4-5-11-7(2)8(6)9(12)10-3/h4-5,7-8H,1-3H3,(H,10,12). The van der Waals surface area contributed by atoms with Gasteiger partial charge >= 0.3 is 0 Å². The van der Waals surface area contributed by atoms with Crippen LogP contribution in [0.4, 0.5) is 0 Å². The van der Waals surface area contributed by atoms with Gasteiger partial charge in [-0.1, -0.05) is 5.57 Å². The second kappa shape index (κ2) is 3.52. The van der Waals surface area contributed by atoms with Crippen LogP contribution in [0.5, 0.6) is 0 Å². The molecule has 0 aliphatic carbocycles. The van der Waals surface area contributed by atoms with E-state index in [1.165, 1.54) is 0 Å². The van der Waals surface area contributed by atoms with Gasteiger partial charge < -0.3 is 5.32 Å². The van der Waals surface area contributed by atoms with Crippen LogP contribution >= 0.6 is 0 Å². The molecule has 1 amide bonds. The second-order valence-electron chi connectivity index (χ2n) is 3.04. The molecule has 2 unspecified atom stereocenters. The van der Waals surface area contributed by atoms with Gasteiger partial charge in [-0.25, -0.2) is 0 Å². The van der Waals surface area contributed by atoms with Crippen molar-refractivity contribution in [2.75, 3.05) is 7.05 Å². The third-order valence-corrected chi connectivity index (χ3v) is 2.16. The van der Waals surface area contributed by atoms with Gasteiger partial charge in [0.1, 0.15) is 0 Å². The minimum atomic E-state index is -0.0833. The van der Waals surface area contributed by atoms with E-state index < -0.39 is 0 Å². The van der Waals surface area contributed by atoms with Crippen molar-refractivity contribution in [2.45, 2.75) is 19.9 Å². The maximum Gasteiger partial charge on any atom is 0.229 e. The number of hydrogen-bond acceptors (Lipinski definition) is 2. The molecule has 66 valence electrons. The van der Waals surface area contributed by atoms with Crippen molar-refractivity contribution < 1.29 is 4.79 Å². The average Bonchev–Trinajstić information content (AvgIpc) is 2.03. The smallest absolute Gasteiger partial charge is 0.229 e. The molecule has 0 aromatic carbocycles. The van der Waals surface area contributed by atoms with Crippen LogP contribution in [0.2, 0.25) is 0 Å². The lowest BCUT2D eigenvalue weighted by molar-refractivity contribution is -0.123. The van der Waals surface area contributed by atoms with Crippen LogP contribution in [0.25, 0.3) is 0 Å². The highest BCUT2D eigenvalue weighted by Crippen LogP contribution is 2.20. The molecule has 0 spiro atoms. The molecule has 0 bridgehead atoms. The van der Waals surface area contributed by atoms with Crippen molar-refractivity contribution in [1.82, 2.24) is 5.32 Å². The van der Waals surface area contributed by atoms with Crippen molar-refractivity contribution in [3.05, 3.63) is 11.6 Å². The highest BCUT2D eigenvalue weighted by atomic mass is 16.1. The molecule has 3 nitrogen and oxygen atoms in total. The Morgan fingerprint density at radius 2 is 2.33 bits per heavy atom. The predicted molar refractivity (Wildman–Crippen MR) is 49.3 cm³/mol. The fourth-order valence-electron chi connectivity index (χ4n) is 1.45. The second-order valence-corrected chi connectivity index (χ2v) is 3.04. The van der Waals surface area contributed by atoms with Crippen LogP contribution in [0.15, 0.2) is 16.6 Å². The Morgan fingerprint density at radius 3 is 2.83 bits per heavy atom. The predicted octanol–water partition coefficient (Wildman–Crippen LogP) is 0.768. The lowest BCUT2D eigenvalue weighted by atomic mass is 9.91. The molecule has 3 heteroatoms. The summed E-state index contributed by atoms with van der Waals surface area (Å²) in [5.74, 6) is -0.0342. The molecular formula is C9H14N2O. The van der Waals surface area contributed by atoms with Crippen LogP contribution in [0.3, 0.4) is 0 Å². The summed E-state index contributed by atoms with van der Waals surface area (Å²) in [6, 6.07) is 0.0648. The topological polar surface area (TPSA) is 41.5 Å². The Hall–Kier alpha value is -1.12. The van der Waals surface area contributed by atoms with Crippen molar-refractivity contribution in [1.29, 1.82) is 0 Å². The quantitative estimate of drug-likeness (QED) is 0.614. The molecule has 0 aromatic rings. The number of amides is 1. The normalized spacial score (nSPS) is 28.1. The summed E-state index contributed by atoms with van der Waals surface area (Å²) in [5.41, 5.74) is 1.08. The van der Waals surface area contributed by atoms with Crippen molar-refractivity contribution in [3.63, 3.8) is 0 Å². The number of nitrogens with zero attached hydrogens (tertiary/aromatic N) is 1. The van der Waals surface area contributed by atoms with Crippen LogP contribution < -0.4 is 5.32 Å². The minimum absolute atomic E-state index is 0.0492. The van der Waals surface area contributed by atoms with E-state index in [9.17, 15) is 4.79 Å². The zero-order valence-electron chi connectivity index (χ0n) is 7.66. The third kappa shape index (κ3) is 1.55. The van der Waals surface area contributed by atoms with Crippen molar-refractivity contribution in [2.24, 2.45) is 10.9 Å². The molecular weight excluding hydrogens is 152 g/mol. The van der Waals surface area contributed by atoms with Gasteiger partial charge in [0.25, 0.3) is 0 Å². The van der Waals surface area contributed by atoms with Crippen LogP contribution in [0, 0.1) is 5.92 Å². The first-order valence-electron chi connectivity index (χ1n) is 4.08. The van der Waals surface area contributed by atoms with E-state index in [0.29, 0.717) is 0 Å². The van der Waals surface area contributed by atoms with Crippen LogP contribution in [0.1, 0.15) is 13.8 Å². The monoisotopic (exact) mass is 166 g/mol. The van der Waals surface area contributed by atoms with Gasteiger partial charge in [-0.2, -0.15) is 0 Å². The molecule has 0 aromatic heterocycles. The van der Waals surface area contributed by atoms with Gasteiger partial charge in [-0.3, -0.25) is 9.79 Å². The first kappa shape index (κ1) is 8.97. The Kier molecular flexibility index (Phi) is 2.63. The van der Waals surface area contributed by atoms with Gasteiger partial charge in [-0.05, 0) is 19.9 Å². The first-order valence-corrected chi connectivity index (χ1v) is 4.08. The van der Waals surface area contributed by atoms with E-state index in [2.05, 4.69) is 10.3 Å². The number of hydrogen-bond donors (Lipinski definition) is 1. The Bertz CT molecular complexity index is 243. The number of rotatable bonds is 1. The zero-order chi connectivity index (χ0) is 9.14. The van der Waals surface area contributed by atoms with Crippen LogP contribution in [-0.4, -0.2) is 25.2 Å². The van der Waals surface area contributed by atoms with E-state index in [4.69, 9.17) is 0 Å². The summed E-state index contributed by atoms with van der Waals surface area (Å²) in [7, 11) is 1.65. The Morgan fingerprint density at radius 1 is 1.67 bits per heavy atom. The number of dihydropyridines is 1. The maximum atomic E-state index is 11.4. The lowest BCUT2D eigenvalue weighted by Gasteiger charge is -2.22. The van der Waals surface area contributed by atoms with E-state index >= 15 is 0 Å². The number of allylic oxidation sites excluding steroid dienone is 1. The van der Waals surface area contributed by atoms with Gasteiger partial charge in [0.05, 0.1) is 12.0 Å². The van der Waals surface area contributed by atoms with E-state index in [1.807, 2.05) is 19.9 Å². The molecule has 1 heterocycles. The van der Waals surface area contributed by atoms with E-state index in [0.717, 1.165) is 5.57 Å². The fourth-order valence-corrected chi connectivity index (χ4v) is 1.45. The highest BCUT2D eigenvalue weighted by molar-refractivity contribution is 5.86. The van der Waals surface area contributed by atoms with E-state index in [-0.39, 0.29) is 17.9 Å². The largest absolute Gasteiger partial charge is 0.359 e. The molecule has 2 atom stereocenters. The Balaban J connectivity index is 2.82. The molecule has 1 aliphatic rings. The molecule has 0 radical (unpaired) electrons. The molecule has 0 saturated heterocycles. The van der Waals surface area contributed by atoms with Gasteiger partial charge in [0.2, 0.25) is 5.91 Å². The number of carbonyl (C=O) groups excluding carboxylic acids is 1. The molecule has 0 fully saturated rings. The van der Waals surface area contributed by atoms with Gasteiger partial charge in [0.15, 0.2) is 0 Å². The van der Waals surface area contributed by atoms with Gasteiger partial charge in [-0.15, -0.1) is 0 Å². The summed E-state index contributed by atoms with van der Waals surface area (Å²) < 4.78 is 0. The summed E-state index contributed by atoms with van der Waals surface area (Å²) in [4.78, 5) is 15.5. The first-order chi connectivity index (χ1) is 5.66. The van der Waals surface area contributed by atoms with E-state index in [1.54, 1.807) is 13.3 Å². The summed E-state index contributed by atoms with van der Waals surface area (Å²) >= 11 is 0. The molecule has 1 rings (SSSR count). The van der Waals surface area contributed by atoms with Gasteiger partial charge in [0, 0.05) is 13.3 Å². The third-order valence-electron chi connectivity index (χ3n) is 2.16. The molecule has 0 saturated carbocycles. The minimum Gasteiger partial charge on any atom is -0.359 e. The maximum absolute atomic E-state index is 11.4. The highest BCUT2D eigenvalue weighted by Gasteiger charge is 2.26. The van der Waals surface area contributed by atoms with Crippen molar-refractivity contribution >= 4 is 12.1 Å². The number of nitrogens with one attached hydrogen (secondary N) is 1. The zero-order valence-corrected chi connectivity index (χ0v) is 7.66. The summed E-state index contributed by atoms with van der Waals surface area (Å²) in [6.45, 7) is 3.91. The average molecular weight is 166 g/mol. The number of carbonyl (C=O) groups is 1. The van der Waals surface area contributed by atoms with Crippen LogP contribution in [-0.2, 0) is 4.79 Å². The molecule has 1 N–H and O–H groups in total. The SMILES string of the molecule is CNC(=O)C1C(C)=CC=NC1C. The fraction of sp³-hybridized carbons (Fsp3) is 0.556. The summed E-state index contributed by atoms with van der Waals surface area (Å²) in [6.07, 6.45) is 3.65. The lowest BCUT2D eigenvalue weighted by Crippen LogP contribution is -2.35.